The van der Waals surface area contributed by atoms with E-state index in [0.29, 0.717) is 18.9 Å². The second-order valence-corrected chi connectivity index (χ2v) is 7.68. The molecule has 0 heterocycles. The van der Waals surface area contributed by atoms with E-state index < -0.39 is 16.4 Å². The lowest BCUT2D eigenvalue weighted by atomic mass is 10.2. The summed E-state index contributed by atoms with van der Waals surface area (Å²) >= 11 is 0. The minimum atomic E-state index is -3.01. The number of alkyl halides is 2. The topological polar surface area (TPSA) is 79.8 Å². The second kappa shape index (κ2) is 11.4. The van der Waals surface area contributed by atoms with Crippen molar-refractivity contribution in [2.75, 3.05) is 19.1 Å². The van der Waals surface area contributed by atoms with Gasteiger partial charge in [0.15, 0.2) is 5.96 Å². The molecular weight excluding hydrogens is 467 g/mol. The zero-order valence-electron chi connectivity index (χ0n) is 14.3. The van der Waals surface area contributed by atoms with E-state index in [1.165, 1.54) is 18.4 Å². The van der Waals surface area contributed by atoms with Gasteiger partial charge in [-0.25, -0.2) is 8.42 Å². The average Bonchev–Trinajstić information content (AvgIpc) is 2.48. The van der Waals surface area contributed by atoms with Crippen molar-refractivity contribution in [2.24, 2.45) is 4.99 Å². The monoisotopic (exact) mass is 491 g/mol. The lowest BCUT2D eigenvalue weighted by molar-refractivity contribution is -0.0498. The van der Waals surface area contributed by atoms with Crippen LogP contribution in [0.4, 0.5) is 8.78 Å². The molecule has 2 N–H and O–H groups in total. The molecule has 144 valence electrons. The lowest BCUT2D eigenvalue weighted by Gasteiger charge is -2.17. The molecule has 1 rings (SSSR count). The summed E-state index contributed by atoms with van der Waals surface area (Å²) in [6.45, 7) is -0.646. The number of guanidine groups is 1. The van der Waals surface area contributed by atoms with Crippen LogP contribution in [0.3, 0.4) is 0 Å². The van der Waals surface area contributed by atoms with E-state index in [1.807, 2.05) is 6.92 Å². The predicted molar refractivity (Wildman–Crippen MR) is 106 cm³/mol. The minimum Gasteiger partial charge on any atom is -0.435 e. The molecule has 0 aliphatic heterocycles. The first-order valence-electron chi connectivity index (χ1n) is 7.38. The SMILES string of the molecule is CN=C(NCc1cccc(OC(F)F)c1)NC(C)CCS(C)(=O)=O.I. The quantitative estimate of drug-likeness (QED) is 0.332. The molecule has 6 nitrogen and oxygen atoms in total. The van der Waals surface area contributed by atoms with Gasteiger partial charge in [-0.05, 0) is 31.0 Å². The summed E-state index contributed by atoms with van der Waals surface area (Å²) in [5, 5.41) is 6.12. The van der Waals surface area contributed by atoms with Crippen molar-refractivity contribution in [3.63, 3.8) is 0 Å². The fourth-order valence-electron chi connectivity index (χ4n) is 1.91. The van der Waals surface area contributed by atoms with Gasteiger partial charge >= 0.3 is 6.61 Å². The normalized spacial score (nSPS) is 13.1. The number of sulfone groups is 1. The van der Waals surface area contributed by atoms with E-state index in [-0.39, 0.29) is 41.5 Å². The number of hydrogen-bond acceptors (Lipinski definition) is 4. The number of hydrogen-bond donors (Lipinski definition) is 2. The van der Waals surface area contributed by atoms with Crippen LogP contribution in [0.1, 0.15) is 18.9 Å². The molecular formula is C15H24F2IN3O3S. The fourth-order valence-corrected chi connectivity index (χ4v) is 2.69. The Morgan fingerprint density at radius 3 is 2.60 bits per heavy atom. The van der Waals surface area contributed by atoms with Gasteiger partial charge < -0.3 is 15.4 Å². The molecule has 0 saturated heterocycles. The smallest absolute Gasteiger partial charge is 0.387 e. The first-order valence-corrected chi connectivity index (χ1v) is 9.44. The third-order valence-corrected chi connectivity index (χ3v) is 4.09. The molecule has 0 saturated carbocycles. The Bertz CT molecular complexity index is 657. The number of rotatable bonds is 8. The number of benzene rings is 1. The van der Waals surface area contributed by atoms with Crippen molar-refractivity contribution in [2.45, 2.75) is 32.5 Å². The number of ether oxygens (including phenoxy) is 1. The van der Waals surface area contributed by atoms with Crippen molar-refractivity contribution in [3.05, 3.63) is 29.8 Å². The fraction of sp³-hybridized carbons (Fsp3) is 0.533. The molecule has 1 unspecified atom stereocenters. The zero-order chi connectivity index (χ0) is 18.2. The predicted octanol–water partition coefficient (Wildman–Crippen LogP) is 2.39. The Labute approximate surface area is 164 Å². The number of nitrogens with one attached hydrogen (secondary N) is 2. The van der Waals surface area contributed by atoms with Crippen LogP contribution in [0.25, 0.3) is 0 Å². The Hall–Kier alpha value is -1.17. The van der Waals surface area contributed by atoms with Crippen molar-refractivity contribution in [1.82, 2.24) is 10.6 Å². The molecule has 0 bridgehead atoms. The zero-order valence-corrected chi connectivity index (χ0v) is 17.5. The van der Waals surface area contributed by atoms with Gasteiger partial charge in [0.1, 0.15) is 15.6 Å². The van der Waals surface area contributed by atoms with Gasteiger partial charge in [0.05, 0.1) is 5.75 Å². The molecule has 1 atom stereocenters. The standard InChI is InChI=1S/C15H23F2N3O3S.HI/c1-11(7-8-24(3,21)22)20-15(18-2)19-10-12-5-4-6-13(9-12)23-14(16)17;/h4-6,9,11,14H,7-8,10H2,1-3H3,(H2,18,19,20);1H. The minimum absolute atomic E-state index is 0. The maximum atomic E-state index is 12.2. The molecule has 10 heteroatoms. The van der Waals surface area contributed by atoms with Crippen molar-refractivity contribution in [3.8, 4) is 5.75 Å². The van der Waals surface area contributed by atoms with Crippen LogP contribution in [0.15, 0.2) is 29.3 Å². The maximum absolute atomic E-state index is 12.2. The van der Waals surface area contributed by atoms with Gasteiger partial charge in [0, 0.05) is 25.9 Å². The largest absolute Gasteiger partial charge is 0.435 e. The maximum Gasteiger partial charge on any atom is 0.387 e. The highest BCUT2D eigenvalue weighted by Gasteiger charge is 2.10. The molecule has 0 aromatic heterocycles. The van der Waals surface area contributed by atoms with Gasteiger partial charge in [0.2, 0.25) is 0 Å². The van der Waals surface area contributed by atoms with Crippen molar-refractivity contribution in [1.29, 1.82) is 0 Å². The van der Waals surface area contributed by atoms with Crippen molar-refractivity contribution < 1.29 is 21.9 Å². The van der Waals surface area contributed by atoms with E-state index in [9.17, 15) is 17.2 Å². The molecule has 0 amide bonds. The van der Waals surface area contributed by atoms with Crippen LogP contribution < -0.4 is 15.4 Å². The van der Waals surface area contributed by atoms with Crippen LogP contribution in [0.5, 0.6) is 5.75 Å². The van der Waals surface area contributed by atoms with E-state index in [4.69, 9.17) is 0 Å². The van der Waals surface area contributed by atoms with E-state index in [0.717, 1.165) is 5.56 Å². The number of aliphatic imine (C=N–C) groups is 1. The summed E-state index contributed by atoms with van der Waals surface area (Å²) in [7, 11) is -1.41. The molecule has 25 heavy (non-hydrogen) atoms. The first-order chi connectivity index (χ1) is 11.2. The number of halogens is 3. The highest BCUT2D eigenvalue weighted by atomic mass is 127. The summed E-state index contributed by atoms with van der Waals surface area (Å²) in [5.41, 5.74) is 0.750. The second-order valence-electron chi connectivity index (χ2n) is 5.42. The van der Waals surface area contributed by atoms with Gasteiger partial charge in [-0.3, -0.25) is 4.99 Å². The number of nitrogens with zero attached hydrogens (tertiary/aromatic N) is 1. The Morgan fingerprint density at radius 2 is 2.04 bits per heavy atom. The Balaban J connectivity index is 0.00000576. The summed E-state index contributed by atoms with van der Waals surface area (Å²) in [6.07, 6.45) is 1.65. The van der Waals surface area contributed by atoms with Crippen LogP contribution in [-0.4, -0.2) is 46.1 Å². The summed E-state index contributed by atoms with van der Waals surface area (Å²) in [6, 6.07) is 6.28. The van der Waals surface area contributed by atoms with Crippen LogP contribution in [0, 0.1) is 0 Å². The van der Waals surface area contributed by atoms with E-state index >= 15 is 0 Å². The van der Waals surface area contributed by atoms with Gasteiger partial charge in [-0.1, -0.05) is 12.1 Å². The van der Waals surface area contributed by atoms with Crippen LogP contribution in [-0.2, 0) is 16.4 Å². The molecule has 0 aliphatic rings. The first kappa shape index (κ1) is 23.8. The van der Waals surface area contributed by atoms with Crippen molar-refractivity contribution >= 4 is 39.8 Å². The Kier molecular flexibility index (Phi) is 10.9. The lowest BCUT2D eigenvalue weighted by Crippen LogP contribution is -2.42. The summed E-state index contributed by atoms with van der Waals surface area (Å²) < 4.78 is 51.1. The molecule has 1 aromatic carbocycles. The third-order valence-electron chi connectivity index (χ3n) is 3.11. The van der Waals surface area contributed by atoms with Gasteiger partial charge in [-0.2, -0.15) is 8.78 Å². The summed E-state index contributed by atoms with van der Waals surface area (Å²) in [5.74, 6) is 0.676. The van der Waals surface area contributed by atoms with E-state index in [2.05, 4.69) is 20.4 Å². The molecule has 0 spiro atoms. The third kappa shape index (κ3) is 11.1. The van der Waals surface area contributed by atoms with Crippen LogP contribution in [0.2, 0.25) is 0 Å². The highest BCUT2D eigenvalue weighted by Crippen LogP contribution is 2.15. The molecule has 0 fully saturated rings. The molecule has 0 radical (unpaired) electrons. The molecule has 0 aliphatic carbocycles. The summed E-state index contributed by atoms with van der Waals surface area (Å²) in [4.78, 5) is 4.05. The Morgan fingerprint density at radius 1 is 1.36 bits per heavy atom. The molecule has 1 aromatic rings. The average molecular weight is 491 g/mol. The van der Waals surface area contributed by atoms with Gasteiger partial charge in [-0.15, -0.1) is 24.0 Å². The highest BCUT2D eigenvalue weighted by molar-refractivity contribution is 14.0. The van der Waals surface area contributed by atoms with Crippen LogP contribution >= 0.6 is 24.0 Å². The van der Waals surface area contributed by atoms with Gasteiger partial charge in [0.25, 0.3) is 0 Å². The van der Waals surface area contributed by atoms with E-state index in [1.54, 1.807) is 19.2 Å².